The highest BCUT2D eigenvalue weighted by atomic mass is 15.1. The number of hydrogen-bond acceptors (Lipinski definition) is 3. The molecule has 0 saturated carbocycles. The third-order valence-corrected chi connectivity index (χ3v) is 1.84. The number of rotatable bonds is 4. The fourth-order valence-electron chi connectivity index (χ4n) is 0.665. The summed E-state index contributed by atoms with van der Waals surface area (Å²) in [5.41, 5.74) is 5.43. The highest BCUT2D eigenvalue weighted by Crippen LogP contribution is 1.96. The van der Waals surface area contributed by atoms with Crippen LogP contribution < -0.4 is 5.73 Å². The van der Waals surface area contributed by atoms with Crippen LogP contribution in [0.15, 0.2) is 0 Å². The first-order valence-corrected chi connectivity index (χ1v) is 3.93. The van der Waals surface area contributed by atoms with Gasteiger partial charge in [0.05, 0.1) is 12.1 Å². The van der Waals surface area contributed by atoms with Crippen molar-refractivity contribution in [1.29, 1.82) is 5.26 Å². The normalized spacial score (nSPS) is 13.5. The number of nitriles is 1. The number of hydrogen-bond donors (Lipinski definition) is 1. The lowest BCUT2D eigenvalue weighted by molar-refractivity contribution is 0.268. The molecule has 0 aliphatic rings. The van der Waals surface area contributed by atoms with Gasteiger partial charge in [-0.25, -0.2) is 0 Å². The molecule has 11 heavy (non-hydrogen) atoms. The van der Waals surface area contributed by atoms with Gasteiger partial charge in [-0.3, -0.25) is 0 Å². The van der Waals surface area contributed by atoms with Crippen molar-refractivity contribution in [2.24, 2.45) is 5.73 Å². The fraction of sp³-hybridized carbons (Fsp3) is 0.875. The zero-order chi connectivity index (χ0) is 8.85. The summed E-state index contributed by atoms with van der Waals surface area (Å²) in [5.74, 6) is 0. The Balaban J connectivity index is 3.47. The quantitative estimate of drug-likeness (QED) is 0.645. The van der Waals surface area contributed by atoms with Crippen LogP contribution in [0.5, 0.6) is 0 Å². The molecular formula is C8H17N3. The minimum absolute atomic E-state index is 0.309. The van der Waals surface area contributed by atoms with Crippen LogP contribution in [-0.2, 0) is 0 Å². The molecule has 0 aliphatic heterocycles. The Bertz CT molecular complexity index is 137. The lowest BCUT2D eigenvalue weighted by atomic mass is 10.2. The zero-order valence-corrected chi connectivity index (χ0v) is 7.54. The highest BCUT2D eigenvalue weighted by Gasteiger charge is 2.05. The maximum atomic E-state index is 8.39. The van der Waals surface area contributed by atoms with Gasteiger partial charge in [0.1, 0.15) is 0 Å². The van der Waals surface area contributed by atoms with E-state index in [1.165, 1.54) is 0 Å². The molecule has 0 heterocycles. The molecule has 0 aliphatic carbocycles. The van der Waals surface area contributed by atoms with Gasteiger partial charge < -0.3 is 10.6 Å². The molecule has 0 aromatic rings. The summed E-state index contributed by atoms with van der Waals surface area (Å²) in [4.78, 5) is 2.18. The van der Waals surface area contributed by atoms with E-state index in [1.807, 2.05) is 13.1 Å². The second-order valence-corrected chi connectivity index (χ2v) is 3.10. The van der Waals surface area contributed by atoms with Crippen molar-refractivity contribution in [3.05, 3.63) is 0 Å². The molecule has 3 heteroatoms. The summed E-state index contributed by atoms with van der Waals surface area (Å²) >= 11 is 0. The van der Waals surface area contributed by atoms with Gasteiger partial charge >= 0.3 is 0 Å². The van der Waals surface area contributed by atoms with E-state index in [0.717, 1.165) is 13.0 Å². The molecule has 0 radical (unpaired) electrons. The van der Waals surface area contributed by atoms with E-state index < -0.39 is 0 Å². The topological polar surface area (TPSA) is 53.0 Å². The van der Waals surface area contributed by atoms with Crippen LogP contribution in [0.25, 0.3) is 0 Å². The maximum Gasteiger partial charge on any atom is 0.0940 e. The second kappa shape index (κ2) is 5.11. The van der Waals surface area contributed by atoms with E-state index in [1.54, 1.807) is 0 Å². The van der Waals surface area contributed by atoms with Gasteiger partial charge in [-0.05, 0) is 27.3 Å². The predicted molar refractivity (Wildman–Crippen MR) is 46.0 cm³/mol. The van der Waals surface area contributed by atoms with Crippen molar-refractivity contribution in [3.63, 3.8) is 0 Å². The standard InChI is InChI=1S/C8H17N3/c1-7(2)11(3)5-4-8(10)6-9/h7-8H,4-5,10H2,1-3H3. The van der Waals surface area contributed by atoms with Gasteiger partial charge in [-0.15, -0.1) is 0 Å². The first-order chi connectivity index (χ1) is 5.07. The Morgan fingerprint density at radius 3 is 2.45 bits per heavy atom. The Kier molecular flexibility index (Phi) is 4.84. The van der Waals surface area contributed by atoms with Crippen LogP contribution in [0, 0.1) is 11.3 Å². The van der Waals surface area contributed by atoms with Crippen molar-refractivity contribution in [2.45, 2.75) is 32.4 Å². The lowest BCUT2D eigenvalue weighted by Crippen LogP contribution is -2.31. The Labute approximate surface area is 68.8 Å². The van der Waals surface area contributed by atoms with Crippen LogP contribution in [0.4, 0.5) is 0 Å². The van der Waals surface area contributed by atoms with E-state index in [-0.39, 0.29) is 6.04 Å². The maximum absolute atomic E-state index is 8.39. The third kappa shape index (κ3) is 4.77. The van der Waals surface area contributed by atoms with Gasteiger partial charge in [-0.1, -0.05) is 0 Å². The SMILES string of the molecule is CC(C)N(C)CCC(N)C#N. The molecule has 0 spiro atoms. The molecule has 0 amide bonds. The summed E-state index contributed by atoms with van der Waals surface area (Å²) in [6.45, 7) is 5.14. The second-order valence-electron chi connectivity index (χ2n) is 3.10. The highest BCUT2D eigenvalue weighted by molar-refractivity contribution is 4.86. The molecule has 64 valence electrons. The van der Waals surface area contributed by atoms with E-state index >= 15 is 0 Å². The molecule has 2 N–H and O–H groups in total. The van der Waals surface area contributed by atoms with Gasteiger partial charge in [0.25, 0.3) is 0 Å². The molecule has 1 atom stereocenters. The van der Waals surface area contributed by atoms with Crippen LogP contribution in [0.1, 0.15) is 20.3 Å². The minimum Gasteiger partial charge on any atom is -0.316 e. The lowest BCUT2D eigenvalue weighted by Gasteiger charge is -2.20. The predicted octanol–water partition coefficient (Wildman–Crippen LogP) is 0.568. The van der Waals surface area contributed by atoms with Gasteiger partial charge in [0, 0.05) is 12.6 Å². The first-order valence-electron chi connectivity index (χ1n) is 3.93. The van der Waals surface area contributed by atoms with E-state index in [4.69, 9.17) is 11.0 Å². The van der Waals surface area contributed by atoms with Crippen molar-refractivity contribution < 1.29 is 0 Å². The Morgan fingerprint density at radius 2 is 2.09 bits per heavy atom. The number of nitrogens with two attached hydrogens (primary N) is 1. The molecule has 0 fully saturated rings. The van der Waals surface area contributed by atoms with E-state index in [0.29, 0.717) is 6.04 Å². The molecule has 0 bridgehead atoms. The van der Waals surface area contributed by atoms with Crippen molar-refractivity contribution >= 4 is 0 Å². The zero-order valence-electron chi connectivity index (χ0n) is 7.54. The van der Waals surface area contributed by atoms with Crippen LogP contribution >= 0.6 is 0 Å². The van der Waals surface area contributed by atoms with E-state index in [9.17, 15) is 0 Å². The minimum atomic E-state index is -0.309. The molecule has 3 nitrogen and oxygen atoms in total. The van der Waals surface area contributed by atoms with E-state index in [2.05, 4.69) is 18.7 Å². The van der Waals surface area contributed by atoms with Gasteiger partial charge in [0.2, 0.25) is 0 Å². The summed E-state index contributed by atoms with van der Waals surface area (Å²) in [7, 11) is 2.04. The number of nitrogens with zero attached hydrogens (tertiary/aromatic N) is 2. The summed E-state index contributed by atoms with van der Waals surface area (Å²) in [5, 5.41) is 8.39. The van der Waals surface area contributed by atoms with Crippen LogP contribution in [-0.4, -0.2) is 30.6 Å². The van der Waals surface area contributed by atoms with Gasteiger partial charge in [0.15, 0.2) is 0 Å². The van der Waals surface area contributed by atoms with Crippen LogP contribution in [0.2, 0.25) is 0 Å². The van der Waals surface area contributed by atoms with Crippen molar-refractivity contribution in [2.75, 3.05) is 13.6 Å². The average molecular weight is 155 g/mol. The van der Waals surface area contributed by atoms with Gasteiger partial charge in [-0.2, -0.15) is 5.26 Å². The van der Waals surface area contributed by atoms with Crippen molar-refractivity contribution in [3.8, 4) is 6.07 Å². The molecule has 0 saturated heterocycles. The largest absolute Gasteiger partial charge is 0.316 e. The fourth-order valence-corrected chi connectivity index (χ4v) is 0.665. The summed E-state index contributed by atoms with van der Waals surface area (Å²) < 4.78 is 0. The Morgan fingerprint density at radius 1 is 1.55 bits per heavy atom. The molecule has 1 unspecified atom stereocenters. The first kappa shape index (κ1) is 10.4. The Hall–Kier alpha value is -0.590. The van der Waals surface area contributed by atoms with Crippen molar-refractivity contribution in [1.82, 2.24) is 4.90 Å². The molecule has 0 aromatic heterocycles. The van der Waals surface area contributed by atoms with Crippen LogP contribution in [0.3, 0.4) is 0 Å². The summed E-state index contributed by atoms with van der Waals surface area (Å²) in [6.07, 6.45) is 0.755. The monoisotopic (exact) mass is 155 g/mol. The smallest absolute Gasteiger partial charge is 0.0940 e. The molecule has 0 aromatic carbocycles. The average Bonchev–Trinajstić information content (AvgIpc) is 1.99. The molecular weight excluding hydrogens is 138 g/mol. The summed E-state index contributed by atoms with van der Waals surface area (Å²) in [6, 6.07) is 2.23. The third-order valence-electron chi connectivity index (χ3n) is 1.84. The molecule has 0 rings (SSSR count).